The topological polar surface area (TPSA) is 66.4 Å². The van der Waals surface area contributed by atoms with Crippen molar-refractivity contribution in [1.29, 1.82) is 0 Å². The molecule has 76 valence electrons. The molecule has 0 aromatic rings. The Bertz CT molecular complexity index is 182. The molecule has 0 aromatic heterocycles. The van der Waals surface area contributed by atoms with Crippen molar-refractivity contribution >= 4 is 12.4 Å². The quantitative estimate of drug-likeness (QED) is 0.588. The van der Waals surface area contributed by atoms with Gasteiger partial charge in [-0.3, -0.25) is 9.59 Å². The Labute approximate surface area is 78.3 Å². The van der Waals surface area contributed by atoms with Gasteiger partial charge in [0, 0.05) is 5.54 Å². The van der Waals surface area contributed by atoms with Crippen LogP contribution in [0.2, 0.25) is 0 Å². The fourth-order valence-electron chi connectivity index (χ4n) is 1.51. The molecule has 0 aliphatic carbocycles. The Morgan fingerprint density at radius 1 is 1.54 bits per heavy atom. The van der Waals surface area contributed by atoms with Gasteiger partial charge in [-0.2, -0.15) is 0 Å². The highest BCUT2D eigenvalue weighted by molar-refractivity contribution is 5.69. The highest BCUT2D eigenvalue weighted by Crippen LogP contribution is 2.21. The zero-order chi connectivity index (χ0) is 10.3. The first-order valence-electron chi connectivity index (χ1n) is 4.53. The number of rotatable bonds is 7. The van der Waals surface area contributed by atoms with Crippen LogP contribution in [-0.2, 0) is 9.59 Å². The van der Waals surface area contributed by atoms with E-state index in [9.17, 15) is 9.59 Å². The lowest BCUT2D eigenvalue weighted by Gasteiger charge is -2.30. The zero-order valence-electron chi connectivity index (χ0n) is 8.17. The van der Waals surface area contributed by atoms with Crippen LogP contribution in [0, 0.1) is 0 Å². The van der Waals surface area contributed by atoms with E-state index in [1.807, 2.05) is 13.8 Å². The number of hydrogen-bond donors (Lipinski definition) is 2. The number of carboxylic acids is 1. The molecule has 0 aliphatic heterocycles. The predicted octanol–water partition coefficient (Wildman–Crippen LogP) is 1.16. The molecule has 1 atom stereocenters. The number of aliphatic carboxylic acids is 1. The maximum Gasteiger partial charge on any atom is 0.305 e. The molecule has 1 amide bonds. The van der Waals surface area contributed by atoms with E-state index in [0.717, 1.165) is 6.42 Å². The first-order valence-corrected chi connectivity index (χ1v) is 4.53. The fourth-order valence-corrected chi connectivity index (χ4v) is 1.51. The maximum atomic E-state index is 10.6. The molecule has 4 nitrogen and oxygen atoms in total. The minimum Gasteiger partial charge on any atom is -0.481 e. The van der Waals surface area contributed by atoms with Crippen molar-refractivity contribution in [2.45, 2.75) is 45.1 Å². The van der Waals surface area contributed by atoms with Crippen LogP contribution < -0.4 is 5.32 Å². The Morgan fingerprint density at radius 3 is 2.46 bits per heavy atom. The van der Waals surface area contributed by atoms with Gasteiger partial charge in [0.1, 0.15) is 0 Å². The van der Waals surface area contributed by atoms with Crippen LogP contribution in [-0.4, -0.2) is 23.0 Å². The number of carbonyl (C=O) groups is 2. The third-order valence-electron chi connectivity index (χ3n) is 2.26. The van der Waals surface area contributed by atoms with Crippen molar-refractivity contribution in [2.75, 3.05) is 0 Å². The van der Waals surface area contributed by atoms with Gasteiger partial charge in [0.2, 0.25) is 6.41 Å². The molecule has 0 heterocycles. The molecule has 13 heavy (non-hydrogen) atoms. The summed E-state index contributed by atoms with van der Waals surface area (Å²) < 4.78 is 0. The summed E-state index contributed by atoms with van der Waals surface area (Å²) in [7, 11) is 0. The second-order valence-electron chi connectivity index (χ2n) is 3.22. The van der Waals surface area contributed by atoms with Crippen LogP contribution in [0.5, 0.6) is 0 Å². The lowest BCUT2D eigenvalue weighted by Crippen LogP contribution is -2.45. The number of carbonyl (C=O) groups excluding carboxylic acids is 1. The monoisotopic (exact) mass is 187 g/mol. The van der Waals surface area contributed by atoms with Crippen LogP contribution >= 0.6 is 0 Å². The highest BCUT2D eigenvalue weighted by atomic mass is 16.4. The van der Waals surface area contributed by atoms with Gasteiger partial charge in [-0.15, -0.1) is 0 Å². The van der Waals surface area contributed by atoms with Crippen molar-refractivity contribution in [1.82, 2.24) is 5.32 Å². The van der Waals surface area contributed by atoms with E-state index in [2.05, 4.69) is 5.32 Å². The maximum absolute atomic E-state index is 10.6. The molecule has 0 rings (SSSR count). The summed E-state index contributed by atoms with van der Waals surface area (Å²) in [4.78, 5) is 20.9. The van der Waals surface area contributed by atoms with Gasteiger partial charge in [0.05, 0.1) is 6.42 Å². The van der Waals surface area contributed by atoms with Gasteiger partial charge >= 0.3 is 5.97 Å². The smallest absolute Gasteiger partial charge is 0.305 e. The zero-order valence-corrected chi connectivity index (χ0v) is 8.17. The highest BCUT2D eigenvalue weighted by Gasteiger charge is 2.29. The predicted molar refractivity (Wildman–Crippen MR) is 49.4 cm³/mol. The van der Waals surface area contributed by atoms with E-state index in [0.29, 0.717) is 19.3 Å². The van der Waals surface area contributed by atoms with Crippen molar-refractivity contribution in [2.24, 2.45) is 0 Å². The molecule has 0 radical (unpaired) electrons. The minimum absolute atomic E-state index is 0.00389. The van der Waals surface area contributed by atoms with Gasteiger partial charge < -0.3 is 10.4 Å². The normalized spacial score (nSPS) is 14.6. The van der Waals surface area contributed by atoms with Gasteiger partial charge in [-0.05, 0) is 12.8 Å². The molecule has 2 N–H and O–H groups in total. The van der Waals surface area contributed by atoms with Crippen molar-refractivity contribution in [3.05, 3.63) is 0 Å². The number of carboxylic acid groups (broad SMARTS) is 1. The van der Waals surface area contributed by atoms with Crippen LogP contribution in [0.15, 0.2) is 0 Å². The Hall–Kier alpha value is -1.06. The lowest BCUT2D eigenvalue weighted by atomic mass is 9.87. The van der Waals surface area contributed by atoms with Gasteiger partial charge in [0.15, 0.2) is 0 Å². The van der Waals surface area contributed by atoms with E-state index >= 15 is 0 Å². The van der Waals surface area contributed by atoms with Crippen LogP contribution in [0.25, 0.3) is 0 Å². The van der Waals surface area contributed by atoms with Gasteiger partial charge in [-0.1, -0.05) is 20.3 Å². The second-order valence-corrected chi connectivity index (χ2v) is 3.22. The molecule has 0 saturated carbocycles. The SMILES string of the molecule is CCCC(CC)(CC(=O)O)NC=O. The van der Waals surface area contributed by atoms with Crippen LogP contribution in [0.1, 0.15) is 39.5 Å². The summed E-state index contributed by atoms with van der Waals surface area (Å²) in [6.07, 6.45) is 2.79. The average molecular weight is 187 g/mol. The summed E-state index contributed by atoms with van der Waals surface area (Å²) in [5.74, 6) is -0.871. The third kappa shape index (κ3) is 3.92. The molecular formula is C9H17NO3. The average Bonchev–Trinajstić information content (AvgIpc) is 2.04. The second kappa shape index (κ2) is 5.56. The molecular weight excluding hydrogens is 170 g/mol. The first-order chi connectivity index (χ1) is 6.10. The molecule has 0 saturated heterocycles. The molecule has 0 aliphatic rings. The van der Waals surface area contributed by atoms with Crippen molar-refractivity contribution < 1.29 is 14.7 Å². The van der Waals surface area contributed by atoms with Crippen LogP contribution in [0.3, 0.4) is 0 Å². The number of nitrogens with one attached hydrogen (secondary N) is 1. The van der Waals surface area contributed by atoms with E-state index in [4.69, 9.17) is 5.11 Å². The minimum atomic E-state index is -0.871. The summed E-state index contributed by atoms with van der Waals surface area (Å²) in [6, 6.07) is 0. The third-order valence-corrected chi connectivity index (χ3v) is 2.26. The van der Waals surface area contributed by atoms with Crippen molar-refractivity contribution in [3.8, 4) is 0 Å². The Morgan fingerprint density at radius 2 is 2.15 bits per heavy atom. The van der Waals surface area contributed by atoms with Gasteiger partial charge in [0.25, 0.3) is 0 Å². The van der Waals surface area contributed by atoms with Crippen LogP contribution in [0.4, 0.5) is 0 Å². The number of hydrogen-bond acceptors (Lipinski definition) is 2. The molecule has 1 unspecified atom stereocenters. The van der Waals surface area contributed by atoms with E-state index in [1.165, 1.54) is 0 Å². The fraction of sp³-hybridized carbons (Fsp3) is 0.778. The Balaban J connectivity index is 4.41. The largest absolute Gasteiger partial charge is 0.481 e. The first kappa shape index (κ1) is 11.9. The summed E-state index contributed by atoms with van der Waals surface area (Å²) >= 11 is 0. The van der Waals surface area contributed by atoms with Crippen molar-refractivity contribution in [3.63, 3.8) is 0 Å². The molecule has 4 heteroatoms. The lowest BCUT2D eigenvalue weighted by molar-refractivity contribution is -0.139. The Kier molecular flexibility index (Phi) is 5.11. The summed E-state index contributed by atoms with van der Waals surface area (Å²) in [5, 5.41) is 11.3. The summed E-state index contributed by atoms with van der Waals surface area (Å²) in [6.45, 7) is 3.86. The summed E-state index contributed by atoms with van der Waals surface area (Å²) in [5.41, 5.74) is -0.553. The van der Waals surface area contributed by atoms with Gasteiger partial charge in [-0.25, -0.2) is 0 Å². The van der Waals surface area contributed by atoms with E-state index < -0.39 is 11.5 Å². The van der Waals surface area contributed by atoms with E-state index in [1.54, 1.807) is 0 Å². The molecule has 0 fully saturated rings. The molecule has 0 bridgehead atoms. The number of amides is 1. The molecule has 0 aromatic carbocycles. The molecule has 0 spiro atoms. The van der Waals surface area contributed by atoms with E-state index in [-0.39, 0.29) is 6.42 Å². The standard InChI is InChI=1S/C9H17NO3/c1-3-5-9(4-2,10-7-11)6-8(12)13/h7H,3-6H2,1-2H3,(H,10,11)(H,12,13).